The maximum atomic E-state index is 2.47. The van der Waals surface area contributed by atoms with E-state index in [0.29, 0.717) is 12.0 Å². The van der Waals surface area contributed by atoms with Crippen molar-refractivity contribution in [2.45, 2.75) is 98.1 Å². The lowest BCUT2D eigenvalue weighted by molar-refractivity contribution is -0.705. The number of rotatable bonds is 10. The third-order valence-electron chi connectivity index (χ3n) is 4.04. The zero-order valence-electron chi connectivity index (χ0n) is 14.4. The van der Waals surface area contributed by atoms with Crippen molar-refractivity contribution >= 4 is 0 Å². The summed E-state index contributed by atoms with van der Waals surface area (Å²) in [4.78, 5) is 0. The Morgan fingerprint density at radius 3 is 2.10 bits per heavy atom. The van der Waals surface area contributed by atoms with Gasteiger partial charge < -0.3 is 0 Å². The van der Waals surface area contributed by atoms with E-state index in [-0.39, 0.29) is 0 Å². The molecule has 1 aromatic rings. The van der Waals surface area contributed by atoms with Crippen LogP contribution in [0.25, 0.3) is 0 Å². The molecule has 0 bridgehead atoms. The standard InChI is InChI=1S/C18H35N2/c1-6-7-8-9-10-11-12-13-19-14-15-20(17(4)5)18(19)16(2)3/h14-17H,6-13H2,1-5H3/q+1. The van der Waals surface area contributed by atoms with Crippen molar-refractivity contribution in [1.29, 1.82) is 0 Å². The summed E-state index contributed by atoms with van der Waals surface area (Å²) in [7, 11) is 0. The first-order valence-corrected chi connectivity index (χ1v) is 8.68. The third kappa shape index (κ3) is 5.30. The maximum Gasteiger partial charge on any atom is 0.259 e. The second-order valence-corrected chi connectivity index (χ2v) is 6.63. The largest absolute Gasteiger partial charge is 0.259 e. The fraction of sp³-hybridized carbons (Fsp3) is 0.833. The van der Waals surface area contributed by atoms with E-state index in [0.717, 1.165) is 0 Å². The fourth-order valence-corrected chi connectivity index (χ4v) is 2.95. The van der Waals surface area contributed by atoms with Crippen LogP contribution >= 0.6 is 0 Å². The normalized spacial score (nSPS) is 11.8. The Bertz CT molecular complexity index is 363. The van der Waals surface area contributed by atoms with Gasteiger partial charge in [0, 0.05) is 0 Å². The van der Waals surface area contributed by atoms with Crippen LogP contribution in [0.15, 0.2) is 12.4 Å². The van der Waals surface area contributed by atoms with Crippen LogP contribution in [0.3, 0.4) is 0 Å². The van der Waals surface area contributed by atoms with Gasteiger partial charge >= 0.3 is 0 Å². The molecule has 1 aromatic heterocycles. The highest BCUT2D eigenvalue weighted by atomic mass is 15.2. The number of aromatic nitrogens is 2. The van der Waals surface area contributed by atoms with Gasteiger partial charge in [0.1, 0.15) is 12.4 Å². The topological polar surface area (TPSA) is 8.81 Å². The Balaban J connectivity index is 2.40. The zero-order valence-corrected chi connectivity index (χ0v) is 14.4. The number of aryl methyl sites for hydroxylation is 1. The predicted molar refractivity (Wildman–Crippen MR) is 87.1 cm³/mol. The van der Waals surface area contributed by atoms with Gasteiger partial charge in [0.05, 0.1) is 18.5 Å². The van der Waals surface area contributed by atoms with Gasteiger partial charge in [0.15, 0.2) is 0 Å². The summed E-state index contributed by atoms with van der Waals surface area (Å²) in [5.74, 6) is 2.07. The smallest absolute Gasteiger partial charge is 0.234 e. The Kier molecular flexibility index (Phi) is 7.94. The number of nitrogens with zero attached hydrogens (tertiary/aromatic N) is 2. The first-order chi connectivity index (χ1) is 9.57. The maximum absolute atomic E-state index is 2.47. The lowest BCUT2D eigenvalue weighted by atomic mass is 10.1. The Labute approximate surface area is 126 Å². The van der Waals surface area contributed by atoms with E-state index in [1.165, 1.54) is 57.3 Å². The Hall–Kier alpha value is -0.790. The quantitative estimate of drug-likeness (QED) is 0.409. The highest BCUT2D eigenvalue weighted by Crippen LogP contribution is 2.16. The van der Waals surface area contributed by atoms with Gasteiger partial charge in [-0.05, 0) is 26.7 Å². The minimum absolute atomic E-state index is 0.558. The molecule has 0 N–H and O–H groups in total. The second kappa shape index (κ2) is 9.20. The van der Waals surface area contributed by atoms with Crippen LogP contribution in [-0.4, -0.2) is 4.57 Å². The van der Waals surface area contributed by atoms with Crippen LogP contribution in [0.4, 0.5) is 0 Å². The van der Waals surface area contributed by atoms with E-state index in [1.807, 2.05) is 0 Å². The molecule has 0 amide bonds. The molecule has 0 saturated heterocycles. The molecule has 0 unspecified atom stereocenters. The molecule has 1 rings (SSSR count). The van der Waals surface area contributed by atoms with E-state index < -0.39 is 0 Å². The summed E-state index contributed by atoms with van der Waals surface area (Å²) in [6, 6.07) is 0.558. The molecule has 0 aliphatic rings. The Morgan fingerprint density at radius 2 is 1.55 bits per heavy atom. The molecule has 1 heterocycles. The number of unbranched alkanes of at least 4 members (excludes halogenated alkanes) is 6. The molecule has 0 radical (unpaired) electrons. The van der Waals surface area contributed by atoms with Gasteiger partial charge in [-0.2, -0.15) is 0 Å². The SMILES string of the molecule is CCCCCCCCC[n+]1ccn(C(C)C)c1C(C)C. The summed E-state index contributed by atoms with van der Waals surface area (Å²) in [6.07, 6.45) is 14.2. The molecule has 0 aromatic carbocycles. The molecule has 2 nitrogen and oxygen atoms in total. The Morgan fingerprint density at radius 1 is 0.950 bits per heavy atom. The first kappa shape index (κ1) is 17.3. The molecule has 0 atom stereocenters. The molecular weight excluding hydrogens is 244 g/mol. The molecular formula is C18H35N2+. The van der Waals surface area contributed by atoms with Crippen LogP contribution in [0.1, 0.15) is 97.3 Å². The summed E-state index contributed by atoms with van der Waals surface area (Å²) in [6.45, 7) is 12.6. The fourth-order valence-electron chi connectivity index (χ4n) is 2.95. The van der Waals surface area contributed by atoms with Crippen LogP contribution < -0.4 is 4.57 Å². The summed E-state index contributed by atoms with van der Waals surface area (Å²) in [5, 5.41) is 0. The van der Waals surface area contributed by atoms with Gasteiger partial charge in [-0.15, -0.1) is 0 Å². The molecule has 0 spiro atoms. The van der Waals surface area contributed by atoms with E-state index >= 15 is 0 Å². The molecule has 0 aliphatic heterocycles. The minimum atomic E-state index is 0.558. The van der Waals surface area contributed by atoms with Crippen molar-refractivity contribution in [3.63, 3.8) is 0 Å². The van der Waals surface area contributed by atoms with Crippen molar-refractivity contribution < 1.29 is 4.57 Å². The lowest BCUT2D eigenvalue weighted by Crippen LogP contribution is -2.38. The van der Waals surface area contributed by atoms with E-state index in [4.69, 9.17) is 0 Å². The van der Waals surface area contributed by atoms with Crippen LogP contribution in [0.5, 0.6) is 0 Å². The van der Waals surface area contributed by atoms with E-state index in [9.17, 15) is 0 Å². The van der Waals surface area contributed by atoms with Gasteiger partial charge in [0.25, 0.3) is 5.82 Å². The van der Waals surface area contributed by atoms with Gasteiger partial charge in [-0.1, -0.05) is 52.9 Å². The van der Waals surface area contributed by atoms with Gasteiger partial charge in [-0.3, -0.25) is 0 Å². The highest BCUT2D eigenvalue weighted by Gasteiger charge is 2.21. The summed E-state index contributed by atoms with van der Waals surface area (Å²) in [5.41, 5.74) is 0. The van der Waals surface area contributed by atoms with Crippen molar-refractivity contribution in [2.75, 3.05) is 0 Å². The summed E-state index contributed by atoms with van der Waals surface area (Å²) < 4.78 is 4.89. The van der Waals surface area contributed by atoms with Crippen molar-refractivity contribution in [2.24, 2.45) is 0 Å². The van der Waals surface area contributed by atoms with Crippen LogP contribution in [-0.2, 0) is 6.54 Å². The summed E-state index contributed by atoms with van der Waals surface area (Å²) >= 11 is 0. The second-order valence-electron chi connectivity index (χ2n) is 6.63. The number of hydrogen-bond acceptors (Lipinski definition) is 0. The molecule has 0 fully saturated rings. The molecule has 116 valence electrons. The lowest BCUT2D eigenvalue weighted by Gasteiger charge is -2.10. The minimum Gasteiger partial charge on any atom is -0.234 e. The first-order valence-electron chi connectivity index (χ1n) is 8.68. The van der Waals surface area contributed by atoms with Gasteiger partial charge in [0.2, 0.25) is 0 Å². The average Bonchev–Trinajstić information content (AvgIpc) is 2.82. The van der Waals surface area contributed by atoms with Crippen molar-refractivity contribution in [1.82, 2.24) is 4.57 Å². The molecule has 0 saturated carbocycles. The average molecular weight is 279 g/mol. The number of imidazole rings is 1. The predicted octanol–water partition coefficient (Wildman–Crippen LogP) is 5.23. The molecule has 20 heavy (non-hydrogen) atoms. The highest BCUT2D eigenvalue weighted by molar-refractivity contribution is 4.91. The van der Waals surface area contributed by atoms with Crippen LogP contribution in [0.2, 0.25) is 0 Å². The van der Waals surface area contributed by atoms with E-state index in [1.54, 1.807) is 0 Å². The molecule has 2 heteroatoms. The molecule has 0 aliphatic carbocycles. The number of hydrogen-bond donors (Lipinski definition) is 0. The third-order valence-corrected chi connectivity index (χ3v) is 4.04. The van der Waals surface area contributed by atoms with Crippen LogP contribution in [0, 0.1) is 0 Å². The van der Waals surface area contributed by atoms with Crippen molar-refractivity contribution in [3.8, 4) is 0 Å². The van der Waals surface area contributed by atoms with Gasteiger partial charge in [-0.25, -0.2) is 9.13 Å². The van der Waals surface area contributed by atoms with Crippen molar-refractivity contribution in [3.05, 3.63) is 18.2 Å². The van der Waals surface area contributed by atoms with E-state index in [2.05, 4.69) is 56.1 Å². The zero-order chi connectivity index (χ0) is 15.0. The monoisotopic (exact) mass is 279 g/mol.